The standard InChI is InChI=1S/C22H22N2O4S/c1-16(18-10-6-3-7-11-18)24-29(27,28)21-14-19(22(25)26)12-13-20(21)23-15-17-8-4-2-5-9-17/h2-14,16,23-24H,15H2,1H3,(H,25,26). The first-order valence-corrected chi connectivity index (χ1v) is 10.6. The van der Waals surface area contributed by atoms with E-state index in [1.165, 1.54) is 18.2 Å². The van der Waals surface area contributed by atoms with Gasteiger partial charge in [-0.15, -0.1) is 0 Å². The van der Waals surface area contributed by atoms with Gasteiger partial charge in [-0.25, -0.2) is 17.9 Å². The Kier molecular flexibility index (Phi) is 6.31. The van der Waals surface area contributed by atoms with Crippen LogP contribution in [0.2, 0.25) is 0 Å². The van der Waals surface area contributed by atoms with Crippen molar-refractivity contribution in [2.75, 3.05) is 5.32 Å². The summed E-state index contributed by atoms with van der Waals surface area (Å²) in [7, 11) is -3.97. The highest BCUT2D eigenvalue weighted by Crippen LogP contribution is 2.26. The number of carboxylic acids is 1. The van der Waals surface area contributed by atoms with Crippen molar-refractivity contribution in [1.29, 1.82) is 0 Å². The molecule has 7 heteroatoms. The Morgan fingerprint density at radius 1 is 0.966 bits per heavy atom. The van der Waals surface area contributed by atoms with Crippen LogP contribution in [0.1, 0.15) is 34.5 Å². The van der Waals surface area contributed by atoms with Crippen molar-refractivity contribution in [3.05, 3.63) is 95.6 Å². The van der Waals surface area contributed by atoms with Crippen LogP contribution < -0.4 is 10.0 Å². The first kappa shape index (κ1) is 20.6. The first-order chi connectivity index (χ1) is 13.9. The van der Waals surface area contributed by atoms with Crippen molar-refractivity contribution in [3.8, 4) is 0 Å². The molecule has 150 valence electrons. The predicted octanol–water partition coefficient (Wildman–Crippen LogP) is 4.04. The number of sulfonamides is 1. The molecule has 0 saturated carbocycles. The van der Waals surface area contributed by atoms with Crippen LogP contribution in [0.15, 0.2) is 83.8 Å². The van der Waals surface area contributed by atoms with Gasteiger partial charge < -0.3 is 10.4 Å². The number of hydrogen-bond donors (Lipinski definition) is 3. The maximum Gasteiger partial charge on any atom is 0.335 e. The van der Waals surface area contributed by atoms with Crippen LogP contribution in [0.4, 0.5) is 5.69 Å². The molecule has 0 radical (unpaired) electrons. The Labute approximate surface area is 170 Å². The Morgan fingerprint density at radius 2 is 1.59 bits per heavy atom. The molecule has 1 atom stereocenters. The van der Waals surface area contributed by atoms with Crippen molar-refractivity contribution in [2.45, 2.75) is 24.4 Å². The number of hydrogen-bond acceptors (Lipinski definition) is 4. The van der Waals surface area contributed by atoms with Gasteiger partial charge >= 0.3 is 5.97 Å². The van der Waals surface area contributed by atoms with Gasteiger partial charge in [-0.1, -0.05) is 60.7 Å². The van der Waals surface area contributed by atoms with Crippen LogP contribution in [0.25, 0.3) is 0 Å². The van der Waals surface area contributed by atoms with E-state index in [0.717, 1.165) is 11.1 Å². The summed E-state index contributed by atoms with van der Waals surface area (Å²) in [5.41, 5.74) is 2.03. The molecule has 0 amide bonds. The van der Waals surface area contributed by atoms with Crippen LogP contribution in [0.3, 0.4) is 0 Å². The minimum Gasteiger partial charge on any atom is -0.478 e. The van der Waals surface area contributed by atoms with E-state index in [2.05, 4.69) is 10.0 Å². The smallest absolute Gasteiger partial charge is 0.335 e. The molecular formula is C22H22N2O4S. The molecule has 0 fully saturated rings. The van der Waals surface area contributed by atoms with Crippen molar-refractivity contribution in [1.82, 2.24) is 4.72 Å². The number of carbonyl (C=O) groups is 1. The Hall–Kier alpha value is -3.16. The fraction of sp³-hybridized carbons (Fsp3) is 0.136. The summed E-state index contributed by atoms with van der Waals surface area (Å²) < 4.78 is 28.8. The molecule has 0 spiro atoms. The third-order valence-corrected chi connectivity index (χ3v) is 6.06. The Bertz CT molecular complexity index is 1080. The van der Waals surface area contributed by atoms with Crippen LogP contribution in [0.5, 0.6) is 0 Å². The second-order valence-corrected chi connectivity index (χ2v) is 8.29. The third-order valence-electron chi connectivity index (χ3n) is 4.48. The highest BCUT2D eigenvalue weighted by Gasteiger charge is 2.23. The van der Waals surface area contributed by atoms with Gasteiger partial charge in [0.15, 0.2) is 0 Å². The second kappa shape index (κ2) is 8.89. The van der Waals surface area contributed by atoms with E-state index < -0.39 is 22.0 Å². The zero-order chi connectivity index (χ0) is 20.9. The third kappa shape index (κ3) is 5.22. The summed E-state index contributed by atoms with van der Waals surface area (Å²) in [5.74, 6) is -1.19. The van der Waals surface area contributed by atoms with Gasteiger partial charge in [0.1, 0.15) is 4.90 Å². The average Bonchev–Trinajstić information content (AvgIpc) is 2.73. The molecular weight excluding hydrogens is 388 g/mol. The lowest BCUT2D eigenvalue weighted by atomic mass is 10.1. The van der Waals surface area contributed by atoms with Crippen LogP contribution in [-0.4, -0.2) is 19.5 Å². The van der Waals surface area contributed by atoms with E-state index in [1.54, 1.807) is 6.92 Å². The molecule has 0 saturated heterocycles. The van der Waals surface area contributed by atoms with Gasteiger partial charge in [-0.3, -0.25) is 0 Å². The minimum absolute atomic E-state index is 0.0944. The summed E-state index contributed by atoms with van der Waals surface area (Å²) >= 11 is 0. The second-order valence-electron chi connectivity index (χ2n) is 6.61. The van der Waals surface area contributed by atoms with Crippen molar-refractivity contribution in [2.24, 2.45) is 0 Å². The van der Waals surface area contributed by atoms with Gasteiger partial charge in [0.05, 0.1) is 11.3 Å². The summed E-state index contributed by atoms with van der Waals surface area (Å²) in [6, 6.07) is 22.3. The minimum atomic E-state index is -3.97. The van der Waals surface area contributed by atoms with E-state index >= 15 is 0 Å². The van der Waals surface area contributed by atoms with Gasteiger partial charge in [-0.05, 0) is 36.2 Å². The number of benzene rings is 3. The molecule has 3 aromatic carbocycles. The van der Waals surface area contributed by atoms with E-state index in [1.807, 2.05) is 60.7 Å². The predicted molar refractivity (Wildman–Crippen MR) is 112 cm³/mol. The van der Waals surface area contributed by atoms with Crippen molar-refractivity contribution < 1.29 is 18.3 Å². The lowest BCUT2D eigenvalue weighted by Gasteiger charge is -2.18. The van der Waals surface area contributed by atoms with Gasteiger partial charge in [0, 0.05) is 12.6 Å². The zero-order valence-corrected chi connectivity index (χ0v) is 16.7. The maximum atomic E-state index is 13.1. The number of anilines is 1. The molecule has 3 rings (SSSR count). The normalized spacial score (nSPS) is 12.3. The molecule has 6 nitrogen and oxygen atoms in total. The zero-order valence-electron chi connectivity index (χ0n) is 15.9. The van der Waals surface area contributed by atoms with Gasteiger partial charge in [0.25, 0.3) is 0 Å². The van der Waals surface area contributed by atoms with E-state index in [-0.39, 0.29) is 10.5 Å². The van der Waals surface area contributed by atoms with E-state index in [4.69, 9.17) is 0 Å². The van der Waals surface area contributed by atoms with Gasteiger partial charge in [0.2, 0.25) is 10.0 Å². The average molecular weight is 410 g/mol. The number of aromatic carboxylic acids is 1. The first-order valence-electron chi connectivity index (χ1n) is 9.09. The molecule has 29 heavy (non-hydrogen) atoms. The molecule has 0 aliphatic carbocycles. The number of rotatable bonds is 8. The van der Waals surface area contributed by atoms with Gasteiger partial charge in [-0.2, -0.15) is 0 Å². The fourth-order valence-electron chi connectivity index (χ4n) is 2.92. The number of carboxylic acid groups (broad SMARTS) is 1. The fourth-order valence-corrected chi connectivity index (χ4v) is 4.36. The molecule has 3 aromatic rings. The Morgan fingerprint density at radius 3 is 2.21 bits per heavy atom. The summed E-state index contributed by atoms with van der Waals surface area (Å²) in [6.45, 7) is 2.15. The molecule has 0 aliphatic rings. The van der Waals surface area contributed by atoms with Crippen LogP contribution in [0, 0.1) is 0 Å². The summed E-state index contributed by atoms with van der Waals surface area (Å²) in [5, 5.41) is 12.4. The summed E-state index contributed by atoms with van der Waals surface area (Å²) in [6.07, 6.45) is 0. The maximum absolute atomic E-state index is 13.1. The molecule has 0 heterocycles. The van der Waals surface area contributed by atoms with Crippen molar-refractivity contribution in [3.63, 3.8) is 0 Å². The number of nitrogens with one attached hydrogen (secondary N) is 2. The lowest BCUT2D eigenvalue weighted by Crippen LogP contribution is -2.28. The molecule has 1 unspecified atom stereocenters. The van der Waals surface area contributed by atoms with Crippen LogP contribution in [-0.2, 0) is 16.6 Å². The highest BCUT2D eigenvalue weighted by molar-refractivity contribution is 7.89. The Balaban J connectivity index is 1.91. The monoisotopic (exact) mass is 410 g/mol. The quantitative estimate of drug-likeness (QED) is 0.521. The SMILES string of the molecule is CC(NS(=O)(=O)c1cc(C(=O)O)ccc1NCc1ccccc1)c1ccccc1. The molecule has 0 bridgehead atoms. The van der Waals surface area contributed by atoms with E-state index in [0.29, 0.717) is 12.2 Å². The van der Waals surface area contributed by atoms with Crippen molar-refractivity contribution >= 4 is 21.7 Å². The highest BCUT2D eigenvalue weighted by atomic mass is 32.2. The largest absolute Gasteiger partial charge is 0.478 e. The molecule has 0 aromatic heterocycles. The molecule has 0 aliphatic heterocycles. The molecule has 3 N–H and O–H groups in total. The topological polar surface area (TPSA) is 95.5 Å². The lowest BCUT2D eigenvalue weighted by molar-refractivity contribution is 0.0696. The summed E-state index contributed by atoms with van der Waals surface area (Å²) in [4.78, 5) is 11.3. The van der Waals surface area contributed by atoms with Crippen LogP contribution >= 0.6 is 0 Å². The van der Waals surface area contributed by atoms with E-state index in [9.17, 15) is 18.3 Å².